The van der Waals surface area contributed by atoms with Gasteiger partial charge in [0.2, 0.25) is 16.0 Å². The van der Waals surface area contributed by atoms with Crippen LogP contribution in [-0.4, -0.2) is 51.5 Å². The van der Waals surface area contributed by atoms with E-state index in [0.29, 0.717) is 35.8 Å². The molecule has 1 amide bonds. The summed E-state index contributed by atoms with van der Waals surface area (Å²) in [4.78, 5) is 32.6. The van der Waals surface area contributed by atoms with Crippen LogP contribution >= 0.6 is 0 Å². The second-order valence-electron chi connectivity index (χ2n) is 7.97. The van der Waals surface area contributed by atoms with E-state index >= 15 is 0 Å². The highest BCUT2D eigenvalue weighted by Gasteiger charge is 2.22. The fourth-order valence-electron chi connectivity index (χ4n) is 3.59. The number of nitrogens with zero attached hydrogens (tertiary/aromatic N) is 4. The van der Waals surface area contributed by atoms with E-state index in [-0.39, 0.29) is 27.8 Å². The molecule has 0 fully saturated rings. The van der Waals surface area contributed by atoms with Gasteiger partial charge in [-0.2, -0.15) is 14.1 Å². The molecule has 0 unspecified atom stereocenters. The molecule has 36 heavy (non-hydrogen) atoms. The maximum atomic E-state index is 13.1. The van der Waals surface area contributed by atoms with Gasteiger partial charge in [-0.25, -0.2) is 13.4 Å². The van der Waals surface area contributed by atoms with Crippen LogP contribution < -0.4 is 10.9 Å². The minimum atomic E-state index is -3.64. The van der Waals surface area contributed by atoms with E-state index in [0.717, 1.165) is 0 Å². The molecule has 0 radical (unpaired) electrons. The Morgan fingerprint density at radius 1 is 1.14 bits per heavy atom. The average molecular weight is 511 g/mol. The standard InChI is InChI=1S/C24H26N6O5S/c1-5-29(6-2)36(33,34)18-11-9-17(10-12-18)23(32)26-21-14-19(20-8-7-13-35-20)28-30(21)24-25-16(4)15(3)22(31)27-24/h7-14H,5-6H2,1-4H3,(H,26,32)(H,25,27,31). The summed E-state index contributed by atoms with van der Waals surface area (Å²) in [6.07, 6.45) is 1.50. The van der Waals surface area contributed by atoms with Crippen molar-refractivity contribution in [2.24, 2.45) is 0 Å². The Kier molecular flexibility index (Phi) is 6.91. The van der Waals surface area contributed by atoms with Gasteiger partial charge in [0, 0.05) is 36.0 Å². The summed E-state index contributed by atoms with van der Waals surface area (Å²) in [6.45, 7) is 7.59. The molecule has 0 aliphatic carbocycles. The van der Waals surface area contributed by atoms with Crippen LogP contribution in [0.15, 0.2) is 62.8 Å². The molecule has 0 saturated heterocycles. The number of aromatic amines is 1. The molecule has 0 aliphatic rings. The van der Waals surface area contributed by atoms with Gasteiger partial charge in [-0.1, -0.05) is 13.8 Å². The number of benzene rings is 1. The van der Waals surface area contributed by atoms with Crippen molar-refractivity contribution in [2.45, 2.75) is 32.6 Å². The average Bonchev–Trinajstić information content (AvgIpc) is 3.53. The molecule has 0 atom stereocenters. The number of carbonyl (C=O) groups is 1. The van der Waals surface area contributed by atoms with E-state index in [4.69, 9.17) is 4.42 Å². The molecular weight excluding hydrogens is 484 g/mol. The van der Waals surface area contributed by atoms with Gasteiger partial charge in [0.15, 0.2) is 5.76 Å². The van der Waals surface area contributed by atoms with Crippen molar-refractivity contribution < 1.29 is 17.6 Å². The highest BCUT2D eigenvalue weighted by Crippen LogP contribution is 2.25. The first-order chi connectivity index (χ1) is 17.1. The highest BCUT2D eigenvalue weighted by atomic mass is 32.2. The Morgan fingerprint density at radius 2 is 1.83 bits per heavy atom. The molecule has 188 valence electrons. The number of aromatic nitrogens is 4. The van der Waals surface area contributed by atoms with Crippen LogP contribution in [0.2, 0.25) is 0 Å². The van der Waals surface area contributed by atoms with Crippen molar-refractivity contribution in [3.05, 3.63) is 75.9 Å². The van der Waals surface area contributed by atoms with E-state index in [1.54, 1.807) is 45.9 Å². The van der Waals surface area contributed by atoms with E-state index in [1.807, 2.05) is 0 Å². The monoisotopic (exact) mass is 510 g/mol. The third kappa shape index (κ3) is 4.72. The number of rotatable bonds is 8. The largest absolute Gasteiger partial charge is 0.463 e. The predicted molar refractivity (Wildman–Crippen MR) is 134 cm³/mol. The molecule has 1 aromatic carbocycles. The Balaban J connectivity index is 1.68. The molecule has 0 bridgehead atoms. The van der Waals surface area contributed by atoms with E-state index in [1.165, 1.54) is 39.5 Å². The van der Waals surface area contributed by atoms with Gasteiger partial charge in [0.05, 0.1) is 11.2 Å². The summed E-state index contributed by atoms with van der Waals surface area (Å²) in [5, 5.41) is 7.22. The number of amides is 1. The summed E-state index contributed by atoms with van der Waals surface area (Å²) in [6, 6.07) is 10.7. The lowest BCUT2D eigenvalue weighted by atomic mass is 10.2. The van der Waals surface area contributed by atoms with Crippen LogP contribution in [0.3, 0.4) is 0 Å². The molecule has 2 N–H and O–H groups in total. The topological polar surface area (TPSA) is 143 Å². The number of aryl methyl sites for hydroxylation is 1. The Morgan fingerprint density at radius 3 is 2.42 bits per heavy atom. The molecule has 11 nitrogen and oxygen atoms in total. The zero-order valence-electron chi connectivity index (χ0n) is 20.3. The quantitative estimate of drug-likeness (QED) is 0.371. The maximum absolute atomic E-state index is 13.1. The normalized spacial score (nSPS) is 11.7. The number of hydrogen-bond acceptors (Lipinski definition) is 7. The van der Waals surface area contributed by atoms with Gasteiger partial charge < -0.3 is 9.73 Å². The highest BCUT2D eigenvalue weighted by molar-refractivity contribution is 7.89. The SMILES string of the molecule is CCN(CC)S(=O)(=O)c1ccc(C(=O)Nc2cc(-c3ccco3)nn2-c2nc(C)c(C)c(=O)[nH]2)cc1. The van der Waals surface area contributed by atoms with Crippen LogP contribution in [0.5, 0.6) is 0 Å². The van der Waals surface area contributed by atoms with Crippen molar-refractivity contribution in [2.75, 3.05) is 18.4 Å². The second kappa shape index (κ2) is 9.91. The van der Waals surface area contributed by atoms with Crippen molar-refractivity contribution >= 4 is 21.7 Å². The number of hydrogen-bond donors (Lipinski definition) is 2. The van der Waals surface area contributed by atoms with Crippen LogP contribution in [0.4, 0.5) is 5.82 Å². The number of nitrogens with one attached hydrogen (secondary N) is 2. The van der Waals surface area contributed by atoms with Crippen molar-refractivity contribution in [1.82, 2.24) is 24.1 Å². The van der Waals surface area contributed by atoms with Gasteiger partial charge in [-0.05, 0) is 50.2 Å². The fraction of sp³-hybridized carbons (Fsp3) is 0.250. The van der Waals surface area contributed by atoms with Crippen molar-refractivity contribution in [1.29, 1.82) is 0 Å². The second-order valence-corrected chi connectivity index (χ2v) is 9.91. The smallest absolute Gasteiger partial charge is 0.256 e. The van der Waals surface area contributed by atoms with Crippen LogP contribution in [0, 0.1) is 13.8 Å². The Bertz CT molecular complexity index is 1550. The first kappa shape index (κ1) is 25.1. The molecule has 3 aromatic heterocycles. The zero-order valence-corrected chi connectivity index (χ0v) is 21.1. The van der Waals surface area contributed by atoms with Gasteiger partial charge >= 0.3 is 0 Å². The van der Waals surface area contributed by atoms with Crippen LogP contribution in [0.25, 0.3) is 17.4 Å². The predicted octanol–water partition coefficient (Wildman–Crippen LogP) is 3.12. The summed E-state index contributed by atoms with van der Waals surface area (Å²) in [5.41, 5.74) is 1.32. The number of sulfonamides is 1. The maximum Gasteiger partial charge on any atom is 0.256 e. The van der Waals surface area contributed by atoms with Gasteiger partial charge in [0.1, 0.15) is 11.5 Å². The summed E-state index contributed by atoms with van der Waals surface area (Å²) >= 11 is 0. The summed E-state index contributed by atoms with van der Waals surface area (Å²) < 4.78 is 33.5. The number of carbonyl (C=O) groups excluding carboxylic acids is 1. The lowest BCUT2D eigenvalue weighted by molar-refractivity contribution is 0.102. The van der Waals surface area contributed by atoms with Crippen molar-refractivity contribution in [3.8, 4) is 17.4 Å². The third-order valence-electron chi connectivity index (χ3n) is 5.77. The molecule has 12 heteroatoms. The van der Waals surface area contributed by atoms with E-state index < -0.39 is 15.9 Å². The lowest BCUT2D eigenvalue weighted by Crippen LogP contribution is -2.30. The molecule has 0 spiro atoms. The minimum absolute atomic E-state index is 0.102. The van der Waals surface area contributed by atoms with Crippen molar-refractivity contribution in [3.63, 3.8) is 0 Å². The number of anilines is 1. The lowest BCUT2D eigenvalue weighted by Gasteiger charge is -2.18. The van der Waals surface area contributed by atoms with E-state index in [9.17, 15) is 18.0 Å². The third-order valence-corrected chi connectivity index (χ3v) is 7.83. The fourth-order valence-corrected chi connectivity index (χ4v) is 5.04. The van der Waals surface area contributed by atoms with E-state index in [2.05, 4.69) is 20.4 Å². The summed E-state index contributed by atoms with van der Waals surface area (Å²) in [5.74, 6) is 0.316. The minimum Gasteiger partial charge on any atom is -0.463 e. The Hall–Kier alpha value is -4.03. The molecule has 3 heterocycles. The number of furan rings is 1. The van der Waals surface area contributed by atoms with Crippen LogP contribution in [0.1, 0.15) is 35.5 Å². The van der Waals surface area contributed by atoms with Crippen LogP contribution in [-0.2, 0) is 10.0 Å². The van der Waals surface area contributed by atoms with Gasteiger partial charge in [-0.3, -0.25) is 14.6 Å². The van der Waals surface area contributed by atoms with Gasteiger partial charge in [-0.15, -0.1) is 0 Å². The Labute approximate surface area is 207 Å². The molecule has 0 aliphatic heterocycles. The molecular formula is C24H26N6O5S. The van der Waals surface area contributed by atoms with Gasteiger partial charge in [0.25, 0.3) is 11.5 Å². The zero-order chi connectivity index (χ0) is 26.0. The molecule has 4 rings (SSSR count). The molecule has 0 saturated carbocycles. The first-order valence-electron chi connectivity index (χ1n) is 11.3. The molecule has 4 aromatic rings. The number of H-pyrrole nitrogens is 1. The first-order valence-corrected chi connectivity index (χ1v) is 12.7. The summed E-state index contributed by atoms with van der Waals surface area (Å²) in [7, 11) is -3.64.